The summed E-state index contributed by atoms with van der Waals surface area (Å²) in [5, 5.41) is 13.6. The third-order valence-electron chi connectivity index (χ3n) is 1.15. The van der Waals surface area contributed by atoms with Crippen LogP contribution in [0.5, 0.6) is 0 Å². The summed E-state index contributed by atoms with van der Waals surface area (Å²) in [6.07, 6.45) is 1.43. The first-order valence-electron chi connectivity index (χ1n) is 2.80. The molecule has 4 heteroatoms. The topological polar surface area (TPSA) is 61.4 Å². The summed E-state index contributed by atoms with van der Waals surface area (Å²) in [4.78, 5) is 10.8. The van der Waals surface area contributed by atoms with Gasteiger partial charge in [0.05, 0.1) is 12.2 Å². The smallest absolute Gasteiger partial charge is 0.256 e. The van der Waals surface area contributed by atoms with Crippen molar-refractivity contribution in [2.45, 2.75) is 0 Å². The highest BCUT2D eigenvalue weighted by atomic mass is 16.3. The molecule has 0 aliphatic carbocycles. The summed E-state index contributed by atoms with van der Waals surface area (Å²) in [7, 11) is 0. The van der Waals surface area contributed by atoms with E-state index in [1.54, 1.807) is 0 Å². The fourth-order valence-electron chi connectivity index (χ4n) is 0.611. The van der Waals surface area contributed by atoms with E-state index in [4.69, 9.17) is 5.11 Å². The molecular formula is C6H8N2O2. The maximum atomic E-state index is 10.8. The van der Waals surface area contributed by atoms with Gasteiger partial charge in [-0.3, -0.25) is 4.79 Å². The molecule has 1 heterocycles. The van der Waals surface area contributed by atoms with Crippen LogP contribution in [-0.4, -0.2) is 17.6 Å². The Morgan fingerprint density at radius 1 is 1.70 bits per heavy atom. The molecular weight excluding hydrogens is 132 g/mol. The minimum atomic E-state index is -0.300. The highest BCUT2D eigenvalue weighted by molar-refractivity contribution is 5.95. The summed E-state index contributed by atoms with van der Waals surface area (Å²) in [5.74, 6) is 0.133. The van der Waals surface area contributed by atoms with E-state index in [1.807, 2.05) is 0 Å². The summed E-state index contributed by atoms with van der Waals surface area (Å²) in [5.41, 5.74) is 0.312. The molecule has 0 unspecified atom stereocenters. The zero-order valence-electron chi connectivity index (χ0n) is 5.35. The molecule has 54 valence electrons. The van der Waals surface area contributed by atoms with Gasteiger partial charge in [-0.05, 0) is 0 Å². The summed E-state index contributed by atoms with van der Waals surface area (Å²) in [6.45, 7) is 3.21. The van der Waals surface area contributed by atoms with Gasteiger partial charge in [0, 0.05) is 6.20 Å². The second kappa shape index (κ2) is 2.53. The van der Waals surface area contributed by atoms with Crippen molar-refractivity contribution in [1.29, 1.82) is 0 Å². The van der Waals surface area contributed by atoms with Gasteiger partial charge in [-0.15, -0.1) is 0 Å². The molecule has 0 aromatic rings. The number of rotatable bonds is 1. The number of amides is 1. The van der Waals surface area contributed by atoms with Crippen molar-refractivity contribution in [3.63, 3.8) is 0 Å². The quantitative estimate of drug-likeness (QED) is 0.440. The molecule has 0 bridgehead atoms. The van der Waals surface area contributed by atoms with Crippen LogP contribution in [0.4, 0.5) is 0 Å². The van der Waals surface area contributed by atoms with Crippen molar-refractivity contribution in [3.8, 4) is 0 Å². The maximum absolute atomic E-state index is 10.8. The van der Waals surface area contributed by atoms with Crippen LogP contribution in [0.2, 0.25) is 0 Å². The summed E-state index contributed by atoms with van der Waals surface area (Å²) < 4.78 is 0. The standard InChI is InChI=1S/C6H8N2O2/c1-4-7-2-5(3-9)6(10)8-4/h2,7,9H,1,3H2,(H,8,10). The van der Waals surface area contributed by atoms with Crippen LogP contribution in [0.3, 0.4) is 0 Å². The number of carbonyl (C=O) groups is 1. The molecule has 1 rings (SSSR count). The van der Waals surface area contributed by atoms with Crippen LogP contribution >= 0.6 is 0 Å². The highest BCUT2D eigenvalue weighted by Crippen LogP contribution is 1.97. The van der Waals surface area contributed by atoms with Crippen molar-refractivity contribution in [1.82, 2.24) is 10.6 Å². The molecule has 0 radical (unpaired) electrons. The van der Waals surface area contributed by atoms with Crippen LogP contribution in [-0.2, 0) is 4.79 Å². The SMILES string of the molecule is C=C1NC=C(CO)C(=O)N1. The minimum Gasteiger partial charge on any atom is -0.391 e. The van der Waals surface area contributed by atoms with E-state index in [1.165, 1.54) is 6.20 Å². The van der Waals surface area contributed by atoms with Gasteiger partial charge in [0.2, 0.25) is 0 Å². The Hall–Kier alpha value is -1.29. The molecule has 0 aromatic heterocycles. The normalized spacial score (nSPS) is 17.5. The van der Waals surface area contributed by atoms with Gasteiger partial charge in [0.1, 0.15) is 5.82 Å². The molecule has 3 N–H and O–H groups in total. The first-order chi connectivity index (χ1) is 4.74. The second-order valence-electron chi connectivity index (χ2n) is 1.90. The average molecular weight is 140 g/mol. The molecule has 1 aliphatic rings. The lowest BCUT2D eigenvalue weighted by Gasteiger charge is -2.14. The van der Waals surface area contributed by atoms with Crippen molar-refractivity contribution in [2.24, 2.45) is 0 Å². The van der Waals surface area contributed by atoms with Gasteiger partial charge in [-0.25, -0.2) is 0 Å². The average Bonchev–Trinajstić information content (AvgIpc) is 1.88. The highest BCUT2D eigenvalue weighted by Gasteiger charge is 2.12. The fourth-order valence-corrected chi connectivity index (χ4v) is 0.611. The zero-order chi connectivity index (χ0) is 7.56. The summed E-state index contributed by atoms with van der Waals surface area (Å²) >= 11 is 0. The fraction of sp³-hybridized carbons (Fsp3) is 0.167. The Morgan fingerprint density at radius 3 is 2.90 bits per heavy atom. The maximum Gasteiger partial charge on any atom is 0.256 e. The van der Waals surface area contributed by atoms with Crippen LogP contribution in [0, 0.1) is 0 Å². The molecule has 0 atom stereocenters. The van der Waals surface area contributed by atoms with Crippen molar-refractivity contribution >= 4 is 5.91 Å². The van der Waals surface area contributed by atoms with Gasteiger partial charge >= 0.3 is 0 Å². The van der Waals surface area contributed by atoms with E-state index < -0.39 is 0 Å². The van der Waals surface area contributed by atoms with Crippen molar-refractivity contribution in [3.05, 3.63) is 24.2 Å². The monoisotopic (exact) mass is 140 g/mol. The molecule has 0 saturated heterocycles. The molecule has 0 fully saturated rings. The Kier molecular flexibility index (Phi) is 1.73. The van der Waals surface area contributed by atoms with Crippen LogP contribution < -0.4 is 10.6 Å². The molecule has 0 aromatic carbocycles. The number of aliphatic hydroxyl groups is 1. The number of hydrogen-bond acceptors (Lipinski definition) is 3. The van der Waals surface area contributed by atoms with Gasteiger partial charge in [0.25, 0.3) is 5.91 Å². The summed E-state index contributed by atoms with van der Waals surface area (Å²) in [6, 6.07) is 0. The number of nitrogens with one attached hydrogen (secondary N) is 2. The van der Waals surface area contributed by atoms with Crippen molar-refractivity contribution < 1.29 is 9.90 Å². The van der Waals surface area contributed by atoms with E-state index in [-0.39, 0.29) is 12.5 Å². The van der Waals surface area contributed by atoms with Crippen LogP contribution in [0.15, 0.2) is 24.2 Å². The van der Waals surface area contributed by atoms with Crippen LogP contribution in [0.25, 0.3) is 0 Å². The molecule has 0 spiro atoms. The Labute approximate surface area is 58.2 Å². The van der Waals surface area contributed by atoms with E-state index in [0.717, 1.165) is 0 Å². The van der Waals surface area contributed by atoms with E-state index >= 15 is 0 Å². The van der Waals surface area contributed by atoms with Gasteiger partial charge in [-0.1, -0.05) is 6.58 Å². The number of hydrogen-bond donors (Lipinski definition) is 3. The molecule has 0 saturated carbocycles. The minimum absolute atomic E-state index is 0.258. The van der Waals surface area contributed by atoms with E-state index in [0.29, 0.717) is 11.4 Å². The first kappa shape index (κ1) is 6.82. The molecule has 1 aliphatic heterocycles. The third kappa shape index (κ3) is 1.16. The number of carbonyl (C=O) groups excluding carboxylic acids is 1. The first-order valence-corrected chi connectivity index (χ1v) is 2.80. The molecule has 1 amide bonds. The Morgan fingerprint density at radius 2 is 2.40 bits per heavy atom. The zero-order valence-corrected chi connectivity index (χ0v) is 5.35. The Balaban J connectivity index is 2.75. The lowest BCUT2D eigenvalue weighted by atomic mass is 10.2. The van der Waals surface area contributed by atoms with Crippen molar-refractivity contribution in [2.75, 3.05) is 6.61 Å². The lowest BCUT2D eigenvalue weighted by molar-refractivity contribution is -0.117. The largest absolute Gasteiger partial charge is 0.391 e. The second-order valence-corrected chi connectivity index (χ2v) is 1.90. The van der Waals surface area contributed by atoms with Gasteiger partial charge in [-0.2, -0.15) is 0 Å². The van der Waals surface area contributed by atoms with Gasteiger partial charge < -0.3 is 15.7 Å². The Bertz CT molecular complexity index is 208. The predicted molar refractivity (Wildman–Crippen MR) is 35.6 cm³/mol. The van der Waals surface area contributed by atoms with Gasteiger partial charge in [0.15, 0.2) is 0 Å². The lowest BCUT2D eigenvalue weighted by Crippen LogP contribution is -2.35. The van der Waals surface area contributed by atoms with E-state index in [2.05, 4.69) is 17.2 Å². The molecule has 4 nitrogen and oxygen atoms in total. The third-order valence-corrected chi connectivity index (χ3v) is 1.15. The van der Waals surface area contributed by atoms with E-state index in [9.17, 15) is 4.79 Å². The van der Waals surface area contributed by atoms with Crippen LogP contribution in [0.1, 0.15) is 0 Å². The molecule has 10 heavy (non-hydrogen) atoms. The predicted octanol–water partition coefficient (Wildman–Crippen LogP) is -0.947. The number of aliphatic hydroxyl groups excluding tert-OH is 1.